The number of hydrogen-bond acceptors (Lipinski definition) is 4. The molecule has 0 atom stereocenters. The first-order valence-electron chi connectivity index (χ1n) is 6.80. The average molecular weight is 386 g/mol. The van der Waals surface area contributed by atoms with Crippen LogP contribution in [-0.4, -0.2) is 31.6 Å². The van der Waals surface area contributed by atoms with Crippen molar-refractivity contribution >= 4 is 39.5 Å². The highest BCUT2D eigenvalue weighted by Crippen LogP contribution is 2.36. The van der Waals surface area contributed by atoms with E-state index in [9.17, 15) is 0 Å². The molecule has 120 valence electrons. The van der Waals surface area contributed by atoms with Gasteiger partial charge in [-0.1, -0.05) is 13.0 Å². The minimum atomic E-state index is 0.435. The van der Waals surface area contributed by atoms with Crippen LogP contribution >= 0.6 is 28.1 Å². The molecule has 0 aliphatic heterocycles. The molecule has 22 heavy (non-hydrogen) atoms. The summed E-state index contributed by atoms with van der Waals surface area (Å²) in [5, 5.41) is 7.43. The third-order valence-electron chi connectivity index (χ3n) is 2.49. The molecule has 0 radical (unpaired) electrons. The van der Waals surface area contributed by atoms with Crippen molar-refractivity contribution in [3.63, 3.8) is 0 Å². The van der Waals surface area contributed by atoms with Gasteiger partial charge in [0.2, 0.25) is 0 Å². The fourth-order valence-electron chi connectivity index (χ4n) is 1.53. The van der Waals surface area contributed by atoms with Crippen LogP contribution in [0.4, 0.5) is 0 Å². The van der Waals surface area contributed by atoms with Crippen molar-refractivity contribution in [2.45, 2.75) is 13.3 Å². The summed E-state index contributed by atoms with van der Waals surface area (Å²) in [6.07, 6.45) is 4.30. The molecule has 7 heteroatoms. The lowest BCUT2D eigenvalue weighted by Gasteiger charge is -2.12. The van der Waals surface area contributed by atoms with E-state index < -0.39 is 0 Å². The Bertz CT molecular complexity index is 550. The second-order valence-corrected chi connectivity index (χ2v) is 5.51. The van der Waals surface area contributed by atoms with Gasteiger partial charge in [-0.25, -0.2) is 0 Å². The molecule has 0 unspecified atom stereocenters. The van der Waals surface area contributed by atoms with E-state index in [1.54, 1.807) is 19.4 Å². The first kappa shape index (κ1) is 18.4. The maximum Gasteiger partial charge on any atom is 0.187 e. The molecule has 2 N–H and O–H groups in total. The van der Waals surface area contributed by atoms with Gasteiger partial charge in [0.15, 0.2) is 16.6 Å². The Morgan fingerprint density at radius 1 is 1.50 bits per heavy atom. The first-order valence-corrected chi connectivity index (χ1v) is 8.00. The topological polar surface area (TPSA) is 54.9 Å². The van der Waals surface area contributed by atoms with Crippen molar-refractivity contribution in [1.29, 1.82) is 0 Å². The molecule has 1 aromatic carbocycles. The maximum absolute atomic E-state index is 5.68. The van der Waals surface area contributed by atoms with E-state index in [-0.39, 0.29) is 0 Å². The van der Waals surface area contributed by atoms with E-state index >= 15 is 0 Å². The van der Waals surface area contributed by atoms with E-state index in [0.717, 1.165) is 16.5 Å². The van der Waals surface area contributed by atoms with Crippen LogP contribution in [0.15, 0.2) is 34.4 Å². The van der Waals surface area contributed by atoms with Gasteiger partial charge in [-0.3, -0.25) is 5.43 Å². The van der Waals surface area contributed by atoms with Crippen molar-refractivity contribution in [3.8, 4) is 11.5 Å². The smallest absolute Gasteiger partial charge is 0.187 e. The fraction of sp³-hybridized carbons (Fsp3) is 0.333. The Kier molecular flexibility index (Phi) is 8.54. The van der Waals surface area contributed by atoms with Crippen LogP contribution in [0.5, 0.6) is 11.5 Å². The normalized spacial score (nSPS) is 10.3. The van der Waals surface area contributed by atoms with E-state index in [0.29, 0.717) is 29.8 Å². The number of nitrogens with zero attached hydrogens (tertiary/aromatic N) is 1. The van der Waals surface area contributed by atoms with Crippen molar-refractivity contribution in [2.24, 2.45) is 5.10 Å². The second-order valence-electron chi connectivity index (χ2n) is 4.25. The largest absolute Gasteiger partial charge is 0.493 e. The number of halogens is 1. The molecule has 0 aromatic heterocycles. The van der Waals surface area contributed by atoms with Gasteiger partial charge in [0.25, 0.3) is 0 Å². The zero-order chi connectivity index (χ0) is 16.4. The van der Waals surface area contributed by atoms with Gasteiger partial charge in [0.05, 0.1) is 24.4 Å². The number of benzene rings is 1. The highest BCUT2D eigenvalue weighted by Gasteiger charge is 2.10. The Morgan fingerprint density at radius 3 is 2.91 bits per heavy atom. The zero-order valence-electron chi connectivity index (χ0n) is 12.7. The predicted octanol–water partition coefficient (Wildman–Crippen LogP) is 3.23. The number of ether oxygens (including phenoxy) is 2. The molecule has 0 aliphatic carbocycles. The lowest BCUT2D eigenvalue weighted by molar-refractivity contribution is 0.292. The van der Waals surface area contributed by atoms with Gasteiger partial charge in [-0.2, -0.15) is 5.10 Å². The van der Waals surface area contributed by atoms with Crippen LogP contribution in [0.2, 0.25) is 0 Å². The molecule has 0 fully saturated rings. The number of hydrogen-bond donors (Lipinski definition) is 2. The lowest BCUT2D eigenvalue weighted by atomic mass is 10.2. The molecule has 0 bridgehead atoms. The molecular weight excluding hydrogens is 366 g/mol. The summed E-state index contributed by atoms with van der Waals surface area (Å²) in [6, 6.07) is 3.75. The van der Waals surface area contributed by atoms with E-state index in [1.165, 1.54) is 0 Å². The number of methoxy groups -OCH3 is 1. The van der Waals surface area contributed by atoms with Gasteiger partial charge in [-0.15, -0.1) is 6.58 Å². The molecule has 0 aliphatic rings. The Hall–Kier alpha value is -1.60. The molecule has 1 rings (SSSR count). The van der Waals surface area contributed by atoms with E-state index in [4.69, 9.17) is 21.7 Å². The molecule has 0 amide bonds. The van der Waals surface area contributed by atoms with Crippen LogP contribution < -0.4 is 20.2 Å². The summed E-state index contributed by atoms with van der Waals surface area (Å²) in [6.45, 7) is 6.87. The SMILES string of the molecule is C=CCNC(=S)N/N=C\c1cc(Br)c(OCCC)c(OC)c1. The van der Waals surface area contributed by atoms with Gasteiger partial charge in [-0.05, 0) is 52.3 Å². The van der Waals surface area contributed by atoms with Crippen molar-refractivity contribution in [3.05, 3.63) is 34.8 Å². The van der Waals surface area contributed by atoms with Crippen molar-refractivity contribution in [1.82, 2.24) is 10.7 Å². The van der Waals surface area contributed by atoms with Crippen molar-refractivity contribution < 1.29 is 9.47 Å². The Labute approximate surface area is 144 Å². The highest BCUT2D eigenvalue weighted by molar-refractivity contribution is 9.10. The summed E-state index contributed by atoms with van der Waals surface area (Å²) < 4.78 is 11.8. The average Bonchev–Trinajstić information content (AvgIpc) is 2.51. The van der Waals surface area contributed by atoms with Crippen LogP contribution in [0.3, 0.4) is 0 Å². The molecule has 1 aromatic rings. The maximum atomic E-state index is 5.68. The molecule has 5 nitrogen and oxygen atoms in total. The summed E-state index contributed by atoms with van der Waals surface area (Å²) in [7, 11) is 1.61. The summed E-state index contributed by atoms with van der Waals surface area (Å²) in [5.74, 6) is 1.34. The number of nitrogens with one attached hydrogen (secondary N) is 2. The van der Waals surface area contributed by atoms with Gasteiger partial charge in [0, 0.05) is 6.54 Å². The Morgan fingerprint density at radius 2 is 2.27 bits per heavy atom. The van der Waals surface area contributed by atoms with Crippen LogP contribution in [0, 0.1) is 0 Å². The molecular formula is C15H20BrN3O2S. The monoisotopic (exact) mass is 385 g/mol. The predicted molar refractivity (Wildman–Crippen MR) is 98.0 cm³/mol. The number of rotatable bonds is 8. The van der Waals surface area contributed by atoms with Gasteiger partial charge in [0.1, 0.15) is 0 Å². The van der Waals surface area contributed by atoms with E-state index in [1.807, 2.05) is 12.1 Å². The van der Waals surface area contributed by atoms with Crippen LogP contribution in [0.25, 0.3) is 0 Å². The molecule has 0 saturated heterocycles. The van der Waals surface area contributed by atoms with Crippen LogP contribution in [-0.2, 0) is 0 Å². The number of hydrazone groups is 1. The third kappa shape index (κ3) is 6.03. The summed E-state index contributed by atoms with van der Waals surface area (Å²) in [4.78, 5) is 0. The summed E-state index contributed by atoms with van der Waals surface area (Å²) in [5.41, 5.74) is 3.58. The molecule has 0 spiro atoms. The zero-order valence-corrected chi connectivity index (χ0v) is 15.1. The second kappa shape index (κ2) is 10.2. The van der Waals surface area contributed by atoms with Crippen molar-refractivity contribution in [2.75, 3.05) is 20.3 Å². The standard InChI is InChI=1S/C15H20BrN3O2S/c1-4-6-17-15(22)19-18-10-11-8-12(16)14(21-7-5-2)13(9-11)20-3/h4,8-10H,1,5-7H2,2-3H3,(H2,17,19,22)/b18-10-. The molecule has 0 heterocycles. The van der Waals surface area contributed by atoms with Crippen LogP contribution in [0.1, 0.15) is 18.9 Å². The summed E-state index contributed by atoms with van der Waals surface area (Å²) >= 11 is 8.53. The first-order chi connectivity index (χ1) is 10.6. The fourth-order valence-corrected chi connectivity index (χ4v) is 2.24. The highest BCUT2D eigenvalue weighted by atomic mass is 79.9. The number of thiocarbonyl (C=S) groups is 1. The minimum Gasteiger partial charge on any atom is -0.493 e. The quantitative estimate of drug-likeness (QED) is 0.311. The van der Waals surface area contributed by atoms with Gasteiger partial charge < -0.3 is 14.8 Å². The van der Waals surface area contributed by atoms with Gasteiger partial charge >= 0.3 is 0 Å². The molecule has 0 saturated carbocycles. The van der Waals surface area contributed by atoms with E-state index in [2.05, 4.69) is 45.3 Å². The third-order valence-corrected chi connectivity index (χ3v) is 3.31. The minimum absolute atomic E-state index is 0.435. The Balaban J connectivity index is 2.77. The lowest BCUT2D eigenvalue weighted by Crippen LogP contribution is -2.31.